The summed E-state index contributed by atoms with van der Waals surface area (Å²) < 4.78 is 2.01. The van der Waals surface area contributed by atoms with Crippen LogP contribution in [0.2, 0.25) is 0 Å². The highest BCUT2D eigenvalue weighted by molar-refractivity contribution is 5.13. The standard InChI is InChI=1S/C10H13N3/c1-7-6-13(12-8(7)2)10-3-9(4-10)5-11/h6,9-10H,3-4H2,1-2H3. The molecule has 1 saturated carbocycles. The van der Waals surface area contributed by atoms with Crippen molar-refractivity contribution in [3.05, 3.63) is 17.5 Å². The molecule has 13 heavy (non-hydrogen) atoms. The van der Waals surface area contributed by atoms with Crippen LogP contribution < -0.4 is 0 Å². The highest BCUT2D eigenvalue weighted by Crippen LogP contribution is 2.36. The summed E-state index contributed by atoms with van der Waals surface area (Å²) in [4.78, 5) is 0. The minimum absolute atomic E-state index is 0.259. The van der Waals surface area contributed by atoms with Crippen LogP contribution in [0.25, 0.3) is 0 Å². The molecule has 1 fully saturated rings. The number of aromatic nitrogens is 2. The van der Waals surface area contributed by atoms with Gasteiger partial charge in [-0.25, -0.2) is 0 Å². The molecule has 0 saturated heterocycles. The van der Waals surface area contributed by atoms with Crippen molar-refractivity contribution in [1.82, 2.24) is 9.78 Å². The first-order valence-corrected chi connectivity index (χ1v) is 4.62. The maximum Gasteiger partial charge on any atom is 0.0657 e. The molecule has 0 N–H and O–H groups in total. The van der Waals surface area contributed by atoms with Crippen molar-refractivity contribution in [3.63, 3.8) is 0 Å². The maximum atomic E-state index is 8.63. The van der Waals surface area contributed by atoms with Gasteiger partial charge >= 0.3 is 0 Å². The lowest BCUT2D eigenvalue weighted by molar-refractivity contribution is 0.229. The van der Waals surface area contributed by atoms with Gasteiger partial charge in [0.2, 0.25) is 0 Å². The van der Waals surface area contributed by atoms with Crippen LogP contribution in [0.1, 0.15) is 30.1 Å². The van der Waals surface area contributed by atoms with Crippen molar-refractivity contribution in [2.75, 3.05) is 0 Å². The molecule has 0 aromatic carbocycles. The van der Waals surface area contributed by atoms with Gasteiger partial charge in [0.1, 0.15) is 0 Å². The maximum absolute atomic E-state index is 8.63. The summed E-state index contributed by atoms with van der Waals surface area (Å²) in [6, 6.07) is 2.75. The molecule has 0 aliphatic heterocycles. The van der Waals surface area contributed by atoms with Gasteiger partial charge in [-0.2, -0.15) is 10.4 Å². The molecule has 68 valence electrons. The molecular weight excluding hydrogens is 162 g/mol. The van der Waals surface area contributed by atoms with Gasteiger partial charge in [0.15, 0.2) is 0 Å². The lowest BCUT2D eigenvalue weighted by atomic mass is 9.81. The quantitative estimate of drug-likeness (QED) is 0.654. The first kappa shape index (κ1) is 8.31. The van der Waals surface area contributed by atoms with E-state index >= 15 is 0 Å². The third-order valence-electron chi connectivity index (χ3n) is 2.83. The highest BCUT2D eigenvalue weighted by atomic mass is 15.3. The summed E-state index contributed by atoms with van der Waals surface area (Å²) in [6.45, 7) is 4.09. The van der Waals surface area contributed by atoms with Crippen LogP contribution in [0, 0.1) is 31.1 Å². The van der Waals surface area contributed by atoms with E-state index in [1.54, 1.807) is 0 Å². The van der Waals surface area contributed by atoms with Crippen LogP contribution >= 0.6 is 0 Å². The average Bonchev–Trinajstić information content (AvgIpc) is 2.30. The van der Waals surface area contributed by atoms with Crippen LogP contribution in [0.5, 0.6) is 0 Å². The van der Waals surface area contributed by atoms with Crippen LogP contribution in [-0.4, -0.2) is 9.78 Å². The van der Waals surface area contributed by atoms with Crippen molar-refractivity contribution in [3.8, 4) is 6.07 Å². The first-order chi connectivity index (χ1) is 6.20. The third-order valence-corrected chi connectivity index (χ3v) is 2.83. The highest BCUT2D eigenvalue weighted by Gasteiger charge is 2.30. The molecule has 3 heteroatoms. The Morgan fingerprint density at radius 1 is 1.54 bits per heavy atom. The molecule has 3 nitrogen and oxygen atoms in total. The summed E-state index contributed by atoms with van der Waals surface area (Å²) in [6.07, 6.45) is 4.02. The number of hydrogen-bond acceptors (Lipinski definition) is 2. The summed E-state index contributed by atoms with van der Waals surface area (Å²) in [5, 5.41) is 13.0. The van der Waals surface area contributed by atoms with Crippen LogP contribution in [0.4, 0.5) is 0 Å². The zero-order chi connectivity index (χ0) is 9.42. The number of nitriles is 1. The lowest BCUT2D eigenvalue weighted by Gasteiger charge is -2.30. The van der Waals surface area contributed by atoms with E-state index in [4.69, 9.17) is 5.26 Å². The van der Waals surface area contributed by atoms with E-state index in [-0.39, 0.29) is 5.92 Å². The molecule has 0 radical (unpaired) electrons. The predicted octanol–water partition coefficient (Wildman–Crippen LogP) is 1.97. The topological polar surface area (TPSA) is 41.6 Å². The second-order valence-corrected chi connectivity index (χ2v) is 3.83. The molecule has 0 amide bonds. The minimum Gasteiger partial charge on any atom is -0.269 e. The van der Waals surface area contributed by atoms with Crippen LogP contribution in [-0.2, 0) is 0 Å². The van der Waals surface area contributed by atoms with Crippen molar-refractivity contribution < 1.29 is 0 Å². The average molecular weight is 175 g/mol. The van der Waals surface area contributed by atoms with Gasteiger partial charge in [0.05, 0.1) is 23.7 Å². The van der Waals surface area contributed by atoms with E-state index in [9.17, 15) is 0 Å². The van der Waals surface area contributed by atoms with Gasteiger partial charge in [0, 0.05) is 6.20 Å². The van der Waals surface area contributed by atoms with Gasteiger partial charge in [-0.05, 0) is 32.3 Å². The Morgan fingerprint density at radius 3 is 2.69 bits per heavy atom. The molecule has 1 aliphatic rings. The molecular formula is C10H13N3. The molecule has 0 bridgehead atoms. The van der Waals surface area contributed by atoms with E-state index < -0.39 is 0 Å². The Hall–Kier alpha value is -1.30. The number of hydrogen-bond donors (Lipinski definition) is 0. The smallest absolute Gasteiger partial charge is 0.0657 e. The Balaban J connectivity index is 2.08. The van der Waals surface area contributed by atoms with Gasteiger partial charge < -0.3 is 0 Å². The molecule has 1 aromatic rings. The number of rotatable bonds is 1. The third kappa shape index (κ3) is 1.33. The van der Waals surface area contributed by atoms with Crippen LogP contribution in [0.15, 0.2) is 6.20 Å². The van der Waals surface area contributed by atoms with E-state index in [2.05, 4.69) is 24.3 Å². The Morgan fingerprint density at radius 2 is 2.23 bits per heavy atom. The van der Waals surface area contributed by atoms with E-state index in [1.807, 2.05) is 11.6 Å². The van der Waals surface area contributed by atoms with E-state index in [0.717, 1.165) is 18.5 Å². The Bertz CT molecular complexity index is 333. The van der Waals surface area contributed by atoms with Crippen molar-refractivity contribution >= 4 is 0 Å². The monoisotopic (exact) mass is 175 g/mol. The largest absolute Gasteiger partial charge is 0.269 e. The van der Waals surface area contributed by atoms with Crippen molar-refractivity contribution in [2.24, 2.45) is 5.92 Å². The van der Waals surface area contributed by atoms with Crippen molar-refractivity contribution in [2.45, 2.75) is 32.7 Å². The predicted molar refractivity (Wildman–Crippen MR) is 49.1 cm³/mol. The van der Waals surface area contributed by atoms with Gasteiger partial charge in [-0.1, -0.05) is 0 Å². The second kappa shape index (κ2) is 2.88. The fourth-order valence-electron chi connectivity index (χ4n) is 1.67. The zero-order valence-electron chi connectivity index (χ0n) is 7.99. The zero-order valence-corrected chi connectivity index (χ0v) is 7.99. The molecule has 0 unspecified atom stereocenters. The summed E-state index contributed by atoms with van der Waals surface area (Å²) in [7, 11) is 0. The summed E-state index contributed by atoms with van der Waals surface area (Å²) in [5.74, 6) is 0.259. The normalized spacial score (nSPS) is 26.5. The molecule has 1 aliphatic carbocycles. The van der Waals surface area contributed by atoms with Crippen molar-refractivity contribution in [1.29, 1.82) is 5.26 Å². The minimum atomic E-state index is 0.259. The van der Waals surface area contributed by atoms with Gasteiger partial charge in [-0.15, -0.1) is 0 Å². The molecule has 0 spiro atoms. The number of aryl methyl sites for hydroxylation is 2. The Labute approximate surface area is 78.0 Å². The summed E-state index contributed by atoms with van der Waals surface area (Å²) >= 11 is 0. The van der Waals surface area contributed by atoms with Crippen LogP contribution in [0.3, 0.4) is 0 Å². The molecule has 0 atom stereocenters. The van der Waals surface area contributed by atoms with Gasteiger partial charge in [0.25, 0.3) is 0 Å². The second-order valence-electron chi connectivity index (χ2n) is 3.83. The van der Waals surface area contributed by atoms with E-state index in [1.165, 1.54) is 5.56 Å². The Kier molecular flexibility index (Phi) is 1.84. The first-order valence-electron chi connectivity index (χ1n) is 4.62. The molecule has 2 rings (SSSR count). The van der Waals surface area contributed by atoms with Gasteiger partial charge in [-0.3, -0.25) is 4.68 Å². The lowest BCUT2D eigenvalue weighted by Crippen LogP contribution is -2.26. The number of nitrogens with zero attached hydrogens (tertiary/aromatic N) is 3. The summed E-state index contributed by atoms with van der Waals surface area (Å²) in [5.41, 5.74) is 2.33. The fraction of sp³-hybridized carbons (Fsp3) is 0.600. The SMILES string of the molecule is Cc1cn(C2CC(C#N)C2)nc1C. The molecule has 1 heterocycles. The fourth-order valence-corrected chi connectivity index (χ4v) is 1.67. The van der Waals surface area contributed by atoms with E-state index in [0.29, 0.717) is 6.04 Å². The molecule has 1 aromatic heterocycles.